The van der Waals surface area contributed by atoms with Gasteiger partial charge in [0.2, 0.25) is 5.91 Å². The highest BCUT2D eigenvalue weighted by atomic mass is 31.2. The summed E-state index contributed by atoms with van der Waals surface area (Å²) < 4.78 is 24.0. The Kier molecular flexibility index (Phi) is 11.6. The summed E-state index contributed by atoms with van der Waals surface area (Å²) in [6.07, 6.45) is -2.55. The molecule has 0 radical (unpaired) electrons. The zero-order valence-corrected chi connectivity index (χ0v) is 23.8. The molecule has 0 saturated carbocycles. The van der Waals surface area contributed by atoms with Gasteiger partial charge < -0.3 is 25.4 Å². The summed E-state index contributed by atoms with van der Waals surface area (Å²) >= 11 is 0. The Morgan fingerprint density at radius 3 is 1.76 bits per heavy atom. The van der Waals surface area contributed by atoms with Gasteiger partial charge in [-0.25, -0.2) is 9.59 Å². The average molecular weight is 583 g/mol. The highest BCUT2D eigenvalue weighted by Gasteiger charge is 2.41. The first kappa shape index (κ1) is 31.5. The SMILES string of the molecule is CC(C)[C@H](NC(=O)[C@H](Cc1ccccc1)NC(=O)OCc1ccccc1)P(=O)(O)OC(Cc1ccccc1)C(=O)O. The van der Waals surface area contributed by atoms with Gasteiger partial charge in [-0.15, -0.1) is 0 Å². The molecule has 0 aliphatic heterocycles. The minimum Gasteiger partial charge on any atom is -0.479 e. The van der Waals surface area contributed by atoms with Gasteiger partial charge in [0.15, 0.2) is 6.10 Å². The third kappa shape index (κ3) is 10.2. The topological polar surface area (TPSA) is 151 Å². The second-order valence-electron chi connectivity index (χ2n) is 9.83. The third-order valence-electron chi connectivity index (χ3n) is 6.19. The largest absolute Gasteiger partial charge is 0.479 e. The summed E-state index contributed by atoms with van der Waals surface area (Å²) in [4.78, 5) is 48.9. The van der Waals surface area contributed by atoms with Gasteiger partial charge in [-0.1, -0.05) is 105 Å². The Bertz CT molecular complexity index is 1320. The second kappa shape index (κ2) is 15.1. The molecule has 4 atom stereocenters. The van der Waals surface area contributed by atoms with Crippen LogP contribution in [0.5, 0.6) is 0 Å². The molecule has 0 aliphatic carbocycles. The van der Waals surface area contributed by atoms with Crippen molar-refractivity contribution < 1.29 is 38.2 Å². The minimum atomic E-state index is -4.73. The summed E-state index contributed by atoms with van der Waals surface area (Å²) in [5.74, 6) is -4.24. The van der Waals surface area contributed by atoms with Gasteiger partial charge in [0.05, 0.1) is 0 Å². The fourth-order valence-electron chi connectivity index (χ4n) is 4.08. The molecule has 0 aromatic heterocycles. The molecule has 2 unspecified atom stereocenters. The van der Waals surface area contributed by atoms with Crippen LogP contribution in [0.4, 0.5) is 4.79 Å². The van der Waals surface area contributed by atoms with Crippen molar-refractivity contribution in [1.82, 2.24) is 10.6 Å². The van der Waals surface area contributed by atoms with Gasteiger partial charge in [0.1, 0.15) is 18.4 Å². The maximum absolute atomic E-state index is 13.4. The molecule has 3 aromatic rings. The van der Waals surface area contributed by atoms with Crippen molar-refractivity contribution in [1.29, 1.82) is 0 Å². The normalized spacial score (nSPS) is 14.7. The number of carboxylic acids is 1. The van der Waals surface area contributed by atoms with Crippen LogP contribution in [0.2, 0.25) is 0 Å². The standard InChI is InChI=1S/C30H35N2O8P/c1-21(2)28(41(37,38)40-26(29(34)35)19-23-14-8-4-9-15-23)32-27(33)25(18-22-12-6-3-7-13-22)31-30(36)39-20-24-16-10-5-11-17-24/h3-17,21,25-26,28H,18-20H2,1-2H3,(H,31,36)(H,32,33)(H,34,35)(H,37,38)/t25-,26?,28+/m0/s1. The number of carboxylic acid groups (broad SMARTS) is 1. The van der Waals surface area contributed by atoms with Gasteiger partial charge in [0, 0.05) is 12.8 Å². The van der Waals surface area contributed by atoms with Crippen molar-refractivity contribution in [3.8, 4) is 0 Å². The van der Waals surface area contributed by atoms with E-state index in [4.69, 9.17) is 9.26 Å². The number of benzene rings is 3. The Morgan fingerprint density at radius 1 is 0.780 bits per heavy atom. The monoisotopic (exact) mass is 582 g/mol. The molecule has 218 valence electrons. The molecule has 11 heteroatoms. The molecule has 41 heavy (non-hydrogen) atoms. The number of hydrogen-bond acceptors (Lipinski definition) is 6. The quantitative estimate of drug-likeness (QED) is 0.203. The summed E-state index contributed by atoms with van der Waals surface area (Å²) in [5, 5.41) is 14.7. The van der Waals surface area contributed by atoms with Crippen LogP contribution in [-0.4, -0.2) is 45.9 Å². The van der Waals surface area contributed by atoms with Crippen molar-refractivity contribution >= 4 is 25.6 Å². The van der Waals surface area contributed by atoms with E-state index in [1.807, 2.05) is 12.1 Å². The van der Waals surface area contributed by atoms with Crippen LogP contribution < -0.4 is 10.6 Å². The lowest BCUT2D eigenvalue weighted by Crippen LogP contribution is -2.52. The van der Waals surface area contributed by atoms with E-state index in [1.165, 1.54) is 0 Å². The van der Waals surface area contributed by atoms with Crippen molar-refractivity contribution in [2.24, 2.45) is 5.92 Å². The van der Waals surface area contributed by atoms with E-state index in [1.54, 1.807) is 92.7 Å². The van der Waals surface area contributed by atoms with E-state index in [2.05, 4.69) is 10.6 Å². The first-order valence-corrected chi connectivity index (χ1v) is 14.8. The van der Waals surface area contributed by atoms with Crippen molar-refractivity contribution in [2.45, 2.75) is 51.2 Å². The average Bonchev–Trinajstić information content (AvgIpc) is 2.95. The number of hydrogen-bond donors (Lipinski definition) is 4. The zero-order valence-electron chi connectivity index (χ0n) is 22.9. The molecule has 10 nitrogen and oxygen atoms in total. The molecule has 0 aliphatic rings. The summed E-state index contributed by atoms with van der Waals surface area (Å²) in [6, 6.07) is 25.3. The van der Waals surface area contributed by atoms with Crippen LogP contribution in [0.1, 0.15) is 30.5 Å². The van der Waals surface area contributed by atoms with Crippen LogP contribution >= 0.6 is 7.60 Å². The molecular formula is C30H35N2O8P. The van der Waals surface area contributed by atoms with Gasteiger partial charge in [0.25, 0.3) is 0 Å². The van der Waals surface area contributed by atoms with Gasteiger partial charge in [-0.2, -0.15) is 0 Å². The van der Waals surface area contributed by atoms with Crippen molar-refractivity contribution in [3.05, 3.63) is 108 Å². The zero-order chi connectivity index (χ0) is 29.8. The summed E-state index contributed by atoms with van der Waals surface area (Å²) in [5.41, 5.74) is 2.09. The number of carbonyl (C=O) groups is 3. The molecule has 0 saturated heterocycles. The first-order valence-electron chi connectivity index (χ1n) is 13.1. The Balaban J connectivity index is 1.75. The van der Waals surface area contributed by atoms with Gasteiger partial charge in [-0.3, -0.25) is 13.9 Å². The van der Waals surface area contributed by atoms with Crippen LogP contribution in [0.3, 0.4) is 0 Å². The molecule has 0 fully saturated rings. The lowest BCUT2D eigenvalue weighted by atomic mass is 10.1. The Labute approximate surface area is 239 Å². The maximum Gasteiger partial charge on any atom is 0.408 e. The number of amides is 2. The predicted molar refractivity (Wildman–Crippen MR) is 153 cm³/mol. The minimum absolute atomic E-state index is 0.0152. The number of aliphatic carboxylic acids is 1. The molecule has 3 aromatic carbocycles. The van der Waals surface area contributed by atoms with E-state index in [-0.39, 0.29) is 19.4 Å². The van der Waals surface area contributed by atoms with Crippen LogP contribution in [0.25, 0.3) is 0 Å². The molecule has 4 N–H and O–H groups in total. The van der Waals surface area contributed by atoms with Crippen molar-refractivity contribution in [3.63, 3.8) is 0 Å². The number of rotatable bonds is 14. The molecule has 2 amide bonds. The Hall–Kier alpha value is -3.98. The van der Waals surface area contributed by atoms with E-state index >= 15 is 0 Å². The predicted octanol–water partition coefficient (Wildman–Crippen LogP) is 4.52. The lowest BCUT2D eigenvalue weighted by Gasteiger charge is -2.30. The second-order valence-corrected chi connectivity index (χ2v) is 11.7. The Morgan fingerprint density at radius 2 is 1.27 bits per heavy atom. The third-order valence-corrected chi connectivity index (χ3v) is 8.18. The number of nitrogens with one attached hydrogen (secondary N) is 2. The molecule has 0 heterocycles. The van der Waals surface area contributed by atoms with E-state index in [9.17, 15) is 28.9 Å². The highest BCUT2D eigenvalue weighted by Crippen LogP contribution is 2.50. The van der Waals surface area contributed by atoms with Crippen LogP contribution in [-0.2, 0) is 42.9 Å². The first-order chi connectivity index (χ1) is 19.5. The van der Waals surface area contributed by atoms with Gasteiger partial charge in [-0.05, 0) is 22.6 Å². The maximum atomic E-state index is 13.4. The fourth-order valence-corrected chi connectivity index (χ4v) is 5.79. The number of ether oxygens (including phenoxy) is 1. The number of carbonyl (C=O) groups excluding carboxylic acids is 2. The molecule has 0 spiro atoms. The van der Waals surface area contributed by atoms with E-state index in [0.29, 0.717) is 5.56 Å². The number of alkyl carbamates (subject to hydrolysis) is 1. The summed E-state index contributed by atoms with van der Waals surface area (Å²) in [7, 11) is -4.73. The lowest BCUT2D eigenvalue weighted by molar-refractivity contribution is -0.145. The molecule has 3 rings (SSSR count). The smallest absolute Gasteiger partial charge is 0.408 e. The van der Waals surface area contributed by atoms with Crippen LogP contribution in [0.15, 0.2) is 91.0 Å². The summed E-state index contributed by atoms with van der Waals surface area (Å²) in [6.45, 7) is 3.18. The van der Waals surface area contributed by atoms with Gasteiger partial charge >= 0.3 is 19.7 Å². The van der Waals surface area contributed by atoms with E-state index < -0.39 is 49.4 Å². The molecule has 0 bridgehead atoms. The fraction of sp³-hybridized carbons (Fsp3) is 0.300. The van der Waals surface area contributed by atoms with E-state index in [0.717, 1.165) is 11.1 Å². The van der Waals surface area contributed by atoms with Crippen LogP contribution in [0, 0.1) is 5.92 Å². The molecular weight excluding hydrogens is 547 g/mol. The highest BCUT2D eigenvalue weighted by molar-refractivity contribution is 7.53. The van der Waals surface area contributed by atoms with Crippen molar-refractivity contribution in [2.75, 3.05) is 0 Å².